The lowest BCUT2D eigenvalue weighted by Crippen LogP contribution is -2.11. The Kier molecular flexibility index (Phi) is 6.41. The molecule has 0 aliphatic rings. The maximum atomic E-state index is 11.5. The first kappa shape index (κ1) is 16.8. The summed E-state index contributed by atoms with van der Waals surface area (Å²) in [4.78, 5) is 15.8. The predicted octanol–water partition coefficient (Wildman–Crippen LogP) is 3.48. The molecule has 2 aromatic rings. The Morgan fingerprint density at radius 1 is 1.26 bits per heavy atom. The molecule has 1 aromatic heterocycles. The number of methoxy groups -OCH3 is 1. The summed E-state index contributed by atoms with van der Waals surface area (Å²) in [5.41, 5.74) is 1.93. The van der Waals surface area contributed by atoms with Gasteiger partial charge in [0.2, 0.25) is 5.91 Å². The number of hydrogen-bond donors (Lipinski definition) is 2. The molecule has 122 valence electrons. The number of carbonyl (C=O) groups is 1. The van der Waals surface area contributed by atoms with Gasteiger partial charge in [0.25, 0.3) is 0 Å². The molecule has 5 heteroatoms. The molecule has 23 heavy (non-hydrogen) atoms. The van der Waals surface area contributed by atoms with Crippen LogP contribution in [0.25, 0.3) is 0 Å². The van der Waals surface area contributed by atoms with Crippen molar-refractivity contribution in [3.63, 3.8) is 0 Å². The van der Waals surface area contributed by atoms with Crippen LogP contribution in [-0.2, 0) is 11.2 Å². The molecule has 0 saturated heterocycles. The number of nitrogens with one attached hydrogen (secondary N) is 2. The molecular formula is C18H23N3O2. The van der Waals surface area contributed by atoms with Crippen LogP contribution in [0.2, 0.25) is 0 Å². The first-order valence-corrected chi connectivity index (χ1v) is 7.84. The van der Waals surface area contributed by atoms with Crippen LogP contribution in [0.1, 0.15) is 25.3 Å². The van der Waals surface area contributed by atoms with Gasteiger partial charge in [0.15, 0.2) is 0 Å². The molecule has 1 heterocycles. The highest BCUT2D eigenvalue weighted by atomic mass is 16.5. The Morgan fingerprint density at radius 2 is 2.13 bits per heavy atom. The van der Waals surface area contributed by atoms with Crippen molar-refractivity contribution in [1.82, 2.24) is 4.98 Å². The standard InChI is InChI=1S/C18H23N3O2/c1-3-5-18(22)21-15-8-9-17(20-13-15)19-11-10-14-6-4-7-16(12-14)23-2/h4,6-9,12-13H,3,5,10-11H2,1-2H3,(H,19,20)(H,21,22). The molecule has 0 atom stereocenters. The Balaban J connectivity index is 1.80. The Hall–Kier alpha value is -2.56. The van der Waals surface area contributed by atoms with Gasteiger partial charge >= 0.3 is 0 Å². The van der Waals surface area contributed by atoms with Crippen molar-refractivity contribution in [2.24, 2.45) is 0 Å². The van der Waals surface area contributed by atoms with E-state index in [2.05, 4.69) is 21.7 Å². The van der Waals surface area contributed by atoms with E-state index in [9.17, 15) is 4.79 Å². The molecule has 0 unspecified atom stereocenters. The molecular weight excluding hydrogens is 290 g/mol. The van der Waals surface area contributed by atoms with Crippen molar-refractivity contribution in [2.75, 3.05) is 24.3 Å². The van der Waals surface area contributed by atoms with E-state index in [-0.39, 0.29) is 5.91 Å². The molecule has 1 aromatic carbocycles. The summed E-state index contributed by atoms with van der Waals surface area (Å²) in [6, 6.07) is 11.7. The van der Waals surface area contributed by atoms with Gasteiger partial charge in [-0.15, -0.1) is 0 Å². The lowest BCUT2D eigenvalue weighted by Gasteiger charge is -2.08. The Bertz CT molecular complexity index is 626. The van der Waals surface area contributed by atoms with Crippen LogP contribution < -0.4 is 15.4 Å². The number of amides is 1. The zero-order valence-corrected chi connectivity index (χ0v) is 13.6. The van der Waals surface area contributed by atoms with Crippen molar-refractivity contribution in [2.45, 2.75) is 26.2 Å². The summed E-state index contributed by atoms with van der Waals surface area (Å²) in [6.45, 7) is 2.76. The molecule has 2 rings (SSSR count). The van der Waals surface area contributed by atoms with Crippen LogP contribution in [0.5, 0.6) is 5.75 Å². The van der Waals surface area contributed by atoms with Crippen molar-refractivity contribution in [3.8, 4) is 5.75 Å². The Morgan fingerprint density at radius 3 is 2.83 bits per heavy atom. The van der Waals surface area contributed by atoms with Crippen molar-refractivity contribution >= 4 is 17.4 Å². The van der Waals surface area contributed by atoms with Crippen molar-refractivity contribution in [3.05, 3.63) is 48.2 Å². The maximum Gasteiger partial charge on any atom is 0.224 e. The third kappa shape index (κ3) is 5.62. The van der Waals surface area contributed by atoms with Gasteiger partial charge in [-0.3, -0.25) is 4.79 Å². The van der Waals surface area contributed by atoms with Crippen molar-refractivity contribution in [1.29, 1.82) is 0 Å². The SMILES string of the molecule is CCCC(=O)Nc1ccc(NCCc2cccc(OC)c2)nc1. The molecule has 0 fully saturated rings. The molecule has 1 amide bonds. The summed E-state index contributed by atoms with van der Waals surface area (Å²) in [7, 11) is 1.67. The number of rotatable bonds is 8. The van der Waals surface area contributed by atoms with E-state index < -0.39 is 0 Å². The van der Waals surface area contributed by atoms with Crippen LogP contribution in [0, 0.1) is 0 Å². The van der Waals surface area contributed by atoms with Crippen LogP contribution in [0.15, 0.2) is 42.6 Å². The van der Waals surface area contributed by atoms with E-state index in [0.29, 0.717) is 6.42 Å². The number of nitrogens with zero attached hydrogens (tertiary/aromatic N) is 1. The second kappa shape index (κ2) is 8.78. The van der Waals surface area contributed by atoms with Gasteiger partial charge < -0.3 is 15.4 Å². The number of pyridine rings is 1. The molecule has 0 radical (unpaired) electrons. The highest BCUT2D eigenvalue weighted by Gasteiger charge is 2.02. The smallest absolute Gasteiger partial charge is 0.224 e. The van der Waals surface area contributed by atoms with E-state index >= 15 is 0 Å². The molecule has 0 spiro atoms. The fourth-order valence-corrected chi connectivity index (χ4v) is 2.19. The molecule has 0 aliphatic heterocycles. The van der Waals surface area contributed by atoms with E-state index in [1.54, 1.807) is 13.3 Å². The van der Waals surface area contributed by atoms with Gasteiger partial charge in [-0.1, -0.05) is 19.1 Å². The molecule has 0 saturated carbocycles. The fourth-order valence-electron chi connectivity index (χ4n) is 2.19. The zero-order valence-electron chi connectivity index (χ0n) is 13.6. The van der Waals surface area contributed by atoms with Gasteiger partial charge in [0.1, 0.15) is 11.6 Å². The summed E-state index contributed by atoms with van der Waals surface area (Å²) >= 11 is 0. The molecule has 5 nitrogen and oxygen atoms in total. The first-order chi connectivity index (χ1) is 11.2. The monoisotopic (exact) mass is 313 g/mol. The second-order valence-electron chi connectivity index (χ2n) is 5.26. The number of benzene rings is 1. The van der Waals surface area contributed by atoms with E-state index in [4.69, 9.17) is 4.74 Å². The van der Waals surface area contributed by atoms with Gasteiger partial charge in [-0.2, -0.15) is 0 Å². The van der Waals surface area contributed by atoms with E-state index in [1.165, 1.54) is 5.56 Å². The molecule has 0 aliphatic carbocycles. The number of hydrogen-bond acceptors (Lipinski definition) is 4. The lowest BCUT2D eigenvalue weighted by atomic mass is 10.1. The van der Waals surface area contributed by atoms with Crippen molar-refractivity contribution < 1.29 is 9.53 Å². The largest absolute Gasteiger partial charge is 0.497 e. The van der Waals surface area contributed by atoms with Crippen LogP contribution in [0.3, 0.4) is 0 Å². The Labute approximate surface area is 137 Å². The normalized spacial score (nSPS) is 10.2. The molecule has 2 N–H and O–H groups in total. The van der Waals surface area contributed by atoms with Gasteiger partial charge in [0.05, 0.1) is 19.0 Å². The number of carbonyl (C=O) groups excluding carboxylic acids is 1. The van der Waals surface area contributed by atoms with Gasteiger partial charge in [-0.05, 0) is 42.7 Å². The number of anilines is 2. The van der Waals surface area contributed by atoms with E-state index in [0.717, 1.165) is 36.6 Å². The number of aromatic nitrogens is 1. The van der Waals surface area contributed by atoms with Crippen LogP contribution >= 0.6 is 0 Å². The average molecular weight is 313 g/mol. The van der Waals surface area contributed by atoms with Gasteiger partial charge in [0, 0.05) is 13.0 Å². The molecule has 0 bridgehead atoms. The minimum atomic E-state index is 0.0213. The minimum Gasteiger partial charge on any atom is -0.497 e. The highest BCUT2D eigenvalue weighted by molar-refractivity contribution is 5.90. The summed E-state index contributed by atoms with van der Waals surface area (Å²) in [5.74, 6) is 1.68. The lowest BCUT2D eigenvalue weighted by molar-refractivity contribution is -0.116. The van der Waals surface area contributed by atoms with Crippen LogP contribution in [0.4, 0.5) is 11.5 Å². The summed E-state index contributed by atoms with van der Waals surface area (Å²) < 4.78 is 5.21. The zero-order chi connectivity index (χ0) is 16.5. The summed E-state index contributed by atoms with van der Waals surface area (Å²) in [6.07, 6.45) is 3.92. The highest BCUT2D eigenvalue weighted by Crippen LogP contribution is 2.14. The third-order valence-electron chi connectivity index (χ3n) is 3.38. The first-order valence-electron chi connectivity index (χ1n) is 7.84. The quantitative estimate of drug-likeness (QED) is 0.783. The number of ether oxygens (including phenoxy) is 1. The van der Waals surface area contributed by atoms with Gasteiger partial charge in [-0.25, -0.2) is 4.98 Å². The predicted molar refractivity (Wildman–Crippen MR) is 93.0 cm³/mol. The van der Waals surface area contributed by atoms with Crippen LogP contribution in [-0.4, -0.2) is 24.5 Å². The second-order valence-corrected chi connectivity index (χ2v) is 5.26. The maximum absolute atomic E-state index is 11.5. The average Bonchev–Trinajstić information content (AvgIpc) is 2.57. The fraction of sp³-hybridized carbons (Fsp3) is 0.333. The summed E-state index contributed by atoms with van der Waals surface area (Å²) in [5, 5.41) is 6.09. The third-order valence-corrected chi connectivity index (χ3v) is 3.38. The minimum absolute atomic E-state index is 0.0213. The topological polar surface area (TPSA) is 63.2 Å². The van der Waals surface area contributed by atoms with E-state index in [1.807, 2.05) is 37.3 Å².